The molecule has 0 aliphatic rings. The lowest BCUT2D eigenvalue weighted by molar-refractivity contribution is 0.634. The number of hydrazine groups is 1. The zero-order valence-corrected chi connectivity index (χ0v) is 12.2. The maximum Gasteiger partial charge on any atom is 0.0725 e. The molecule has 2 rings (SSSR count). The van der Waals surface area contributed by atoms with Crippen molar-refractivity contribution < 1.29 is 0 Å². The van der Waals surface area contributed by atoms with Gasteiger partial charge in [0.2, 0.25) is 0 Å². The lowest BCUT2D eigenvalue weighted by Crippen LogP contribution is -2.28. The number of hydrogen-bond acceptors (Lipinski definition) is 3. The van der Waals surface area contributed by atoms with Crippen molar-refractivity contribution in [3.8, 4) is 0 Å². The third-order valence-electron chi connectivity index (χ3n) is 2.71. The first-order chi connectivity index (χ1) is 8.61. The molecular weight excluding hydrogens is 314 g/mol. The summed E-state index contributed by atoms with van der Waals surface area (Å²) in [5, 5.41) is 0.677. The van der Waals surface area contributed by atoms with E-state index in [-0.39, 0.29) is 6.04 Å². The third-order valence-corrected chi connectivity index (χ3v) is 3.93. The number of halogens is 2. The number of nitrogens with zero attached hydrogens (tertiary/aromatic N) is 1. The van der Waals surface area contributed by atoms with Gasteiger partial charge in [0.05, 0.1) is 11.1 Å². The van der Waals surface area contributed by atoms with Crippen molar-refractivity contribution in [2.45, 2.75) is 13.0 Å². The fourth-order valence-corrected chi connectivity index (χ4v) is 2.24. The van der Waals surface area contributed by atoms with Crippen LogP contribution >= 0.6 is 27.5 Å². The Kier molecular flexibility index (Phi) is 4.35. The molecular formula is C13H13BrClN3. The van der Waals surface area contributed by atoms with Crippen LogP contribution in [0.4, 0.5) is 0 Å². The van der Waals surface area contributed by atoms with Crippen LogP contribution in [0.5, 0.6) is 0 Å². The highest BCUT2D eigenvalue weighted by Crippen LogP contribution is 2.28. The Labute approximate surface area is 119 Å². The average molecular weight is 327 g/mol. The number of benzene rings is 1. The Morgan fingerprint density at radius 3 is 2.56 bits per heavy atom. The molecule has 1 aromatic heterocycles. The zero-order valence-electron chi connectivity index (χ0n) is 9.82. The van der Waals surface area contributed by atoms with E-state index in [0.717, 1.165) is 21.3 Å². The Morgan fingerprint density at radius 2 is 2.00 bits per heavy atom. The number of nitrogens with two attached hydrogens (primary N) is 1. The molecule has 3 nitrogen and oxygen atoms in total. The molecule has 1 heterocycles. The van der Waals surface area contributed by atoms with Crippen molar-refractivity contribution in [3.63, 3.8) is 0 Å². The predicted octanol–water partition coefficient (Wildman–Crippen LogP) is 3.36. The highest BCUT2D eigenvalue weighted by atomic mass is 79.9. The second-order valence-corrected chi connectivity index (χ2v) is 5.27. The average Bonchev–Trinajstić information content (AvgIpc) is 2.37. The maximum atomic E-state index is 5.98. The van der Waals surface area contributed by atoms with E-state index in [1.165, 1.54) is 0 Å². The highest BCUT2D eigenvalue weighted by Gasteiger charge is 2.13. The minimum atomic E-state index is -0.105. The second-order valence-electron chi connectivity index (χ2n) is 4.01. The molecule has 2 aromatic rings. The van der Waals surface area contributed by atoms with Crippen molar-refractivity contribution in [1.82, 2.24) is 10.4 Å². The van der Waals surface area contributed by atoms with Gasteiger partial charge in [0.1, 0.15) is 0 Å². The van der Waals surface area contributed by atoms with Crippen molar-refractivity contribution >= 4 is 27.5 Å². The van der Waals surface area contributed by atoms with Crippen LogP contribution in [-0.4, -0.2) is 4.98 Å². The Balaban J connectivity index is 2.38. The number of aryl methyl sites for hydroxylation is 1. The smallest absolute Gasteiger partial charge is 0.0725 e. The van der Waals surface area contributed by atoms with Crippen molar-refractivity contribution in [2.24, 2.45) is 5.84 Å². The molecule has 0 radical (unpaired) electrons. The Hall–Kier alpha value is -0.940. The highest BCUT2D eigenvalue weighted by molar-refractivity contribution is 9.10. The topological polar surface area (TPSA) is 50.9 Å². The van der Waals surface area contributed by atoms with Gasteiger partial charge in [-0.3, -0.25) is 10.8 Å². The van der Waals surface area contributed by atoms with Gasteiger partial charge in [-0.1, -0.05) is 23.7 Å². The normalized spacial score (nSPS) is 12.4. The van der Waals surface area contributed by atoms with E-state index in [1.54, 1.807) is 0 Å². The fourth-order valence-electron chi connectivity index (χ4n) is 1.73. The third kappa shape index (κ3) is 2.90. The van der Waals surface area contributed by atoms with E-state index in [2.05, 4.69) is 26.3 Å². The summed E-state index contributed by atoms with van der Waals surface area (Å²) in [5.41, 5.74) is 5.81. The van der Waals surface area contributed by atoms with Crippen LogP contribution in [-0.2, 0) is 0 Å². The molecule has 0 aliphatic heterocycles. The van der Waals surface area contributed by atoms with Gasteiger partial charge in [-0.25, -0.2) is 5.43 Å². The van der Waals surface area contributed by atoms with Gasteiger partial charge in [-0.2, -0.15) is 0 Å². The van der Waals surface area contributed by atoms with Gasteiger partial charge in [-0.05, 0) is 52.2 Å². The summed E-state index contributed by atoms with van der Waals surface area (Å²) < 4.78 is 0.849. The Morgan fingerprint density at radius 1 is 1.28 bits per heavy atom. The molecule has 0 fully saturated rings. The van der Waals surface area contributed by atoms with Crippen LogP contribution in [0.2, 0.25) is 5.02 Å². The van der Waals surface area contributed by atoms with Crippen LogP contribution in [0.3, 0.4) is 0 Å². The quantitative estimate of drug-likeness (QED) is 0.672. The van der Waals surface area contributed by atoms with Crippen LogP contribution in [0.25, 0.3) is 0 Å². The summed E-state index contributed by atoms with van der Waals surface area (Å²) in [6.45, 7) is 1.95. The molecule has 0 amide bonds. The summed E-state index contributed by atoms with van der Waals surface area (Å²) in [6, 6.07) is 9.60. The van der Waals surface area contributed by atoms with Crippen molar-refractivity contribution in [2.75, 3.05) is 0 Å². The molecule has 0 saturated heterocycles. The maximum absolute atomic E-state index is 5.98. The summed E-state index contributed by atoms with van der Waals surface area (Å²) in [6.07, 6.45) is 1.82. The molecule has 0 bridgehead atoms. The Bertz CT molecular complexity index is 542. The van der Waals surface area contributed by atoms with Crippen LogP contribution in [0, 0.1) is 6.92 Å². The van der Waals surface area contributed by atoms with E-state index in [9.17, 15) is 0 Å². The SMILES string of the molecule is Cc1ccc(C(NN)c2ccc(Cl)c(Br)c2)cn1. The molecule has 3 N–H and O–H groups in total. The number of aromatic nitrogens is 1. The molecule has 0 spiro atoms. The second kappa shape index (κ2) is 5.80. The van der Waals surface area contributed by atoms with E-state index in [4.69, 9.17) is 17.4 Å². The van der Waals surface area contributed by atoms with E-state index < -0.39 is 0 Å². The minimum absolute atomic E-state index is 0.105. The summed E-state index contributed by atoms with van der Waals surface area (Å²) in [5.74, 6) is 5.64. The van der Waals surface area contributed by atoms with Crippen LogP contribution in [0.15, 0.2) is 41.0 Å². The van der Waals surface area contributed by atoms with Gasteiger partial charge >= 0.3 is 0 Å². The molecule has 1 atom stereocenters. The lowest BCUT2D eigenvalue weighted by atomic mass is 10.0. The molecule has 18 heavy (non-hydrogen) atoms. The molecule has 1 unspecified atom stereocenters. The number of hydrogen-bond donors (Lipinski definition) is 2. The summed E-state index contributed by atoms with van der Waals surface area (Å²) in [4.78, 5) is 4.28. The van der Waals surface area contributed by atoms with Crippen molar-refractivity contribution in [3.05, 3.63) is 62.8 Å². The zero-order chi connectivity index (χ0) is 13.1. The largest absolute Gasteiger partial charge is 0.271 e. The monoisotopic (exact) mass is 325 g/mol. The number of nitrogens with one attached hydrogen (secondary N) is 1. The standard InChI is InChI=1S/C13H13BrClN3/c1-8-2-3-10(7-17-8)13(18-16)9-4-5-12(15)11(14)6-9/h2-7,13,18H,16H2,1H3. The van der Waals surface area contributed by atoms with Gasteiger partial charge < -0.3 is 0 Å². The minimum Gasteiger partial charge on any atom is -0.271 e. The van der Waals surface area contributed by atoms with Crippen LogP contribution < -0.4 is 11.3 Å². The molecule has 1 aromatic carbocycles. The van der Waals surface area contributed by atoms with Gasteiger partial charge in [0.15, 0.2) is 0 Å². The molecule has 0 saturated carbocycles. The fraction of sp³-hybridized carbons (Fsp3) is 0.154. The van der Waals surface area contributed by atoms with Crippen LogP contribution in [0.1, 0.15) is 22.9 Å². The summed E-state index contributed by atoms with van der Waals surface area (Å²) >= 11 is 9.40. The number of pyridine rings is 1. The predicted molar refractivity (Wildman–Crippen MR) is 77.3 cm³/mol. The molecule has 5 heteroatoms. The molecule has 94 valence electrons. The van der Waals surface area contributed by atoms with Gasteiger partial charge in [-0.15, -0.1) is 0 Å². The van der Waals surface area contributed by atoms with Gasteiger partial charge in [0.25, 0.3) is 0 Å². The first-order valence-corrected chi connectivity index (χ1v) is 6.62. The van der Waals surface area contributed by atoms with E-state index in [0.29, 0.717) is 5.02 Å². The molecule has 0 aliphatic carbocycles. The van der Waals surface area contributed by atoms with E-state index in [1.807, 2.05) is 43.5 Å². The first kappa shape index (κ1) is 13.5. The van der Waals surface area contributed by atoms with Crippen molar-refractivity contribution in [1.29, 1.82) is 0 Å². The number of rotatable bonds is 3. The van der Waals surface area contributed by atoms with Gasteiger partial charge in [0, 0.05) is 16.4 Å². The lowest BCUT2D eigenvalue weighted by Gasteiger charge is -2.17. The van der Waals surface area contributed by atoms with E-state index >= 15 is 0 Å². The summed E-state index contributed by atoms with van der Waals surface area (Å²) in [7, 11) is 0. The first-order valence-electron chi connectivity index (χ1n) is 5.45.